The Morgan fingerprint density at radius 1 is 1.20 bits per heavy atom. The molecule has 1 heterocycles. The zero-order valence-electron chi connectivity index (χ0n) is 15.8. The van der Waals surface area contributed by atoms with E-state index < -0.39 is 0 Å². The molecule has 0 saturated carbocycles. The zero-order valence-corrected chi connectivity index (χ0v) is 18.1. The highest BCUT2D eigenvalue weighted by molar-refractivity contribution is 9.10. The second-order valence-corrected chi connectivity index (χ2v) is 7.91. The number of benzene rings is 3. The first kappa shape index (κ1) is 20.3. The first-order chi connectivity index (χ1) is 14.4. The summed E-state index contributed by atoms with van der Waals surface area (Å²) in [5.41, 5.74) is 3.33. The Morgan fingerprint density at radius 2 is 2.03 bits per heavy atom. The molecule has 0 bridgehead atoms. The highest BCUT2D eigenvalue weighted by atomic mass is 79.9. The van der Waals surface area contributed by atoms with Crippen LogP contribution in [-0.4, -0.2) is 22.6 Å². The number of amides is 1. The minimum absolute atomic E-state index is 0.133. The van der Waals surface area contributed by atoms with Crippen LogP contribution in [0.5, 0.6) is 11.5 Å². The van der Waals surface area contributed by atoms with Crippen LogP contribution in [0.4, 0.5) is 5.69 Å². The lowest BCUT2D eigenvalue weighted by atomic mass is 10.2. The number of oxazole rings is 1. The summed E-state index contributed by atoms with van der Waals surface area (Å²) in [6.07, 6.45) is 0. The number of carbonyl (C=O) groups is 1. The van der Waals surface area contributed by atoms with E-state index in [1.54, 1.807) is 54.6 Å². The number of carbonyl (C=O) groups excluding carboxylic acids is 1. The van der Waals surface area contributed by atoms with Crippen molar-refractivity contribution in [2.75, 3.05) is 11.9 Å². The average Bonchev–Trinajstić information content (AvgIpc) is 3.13. The molecule has 0 saturated heterocycles. The van der Waals surface area contributed by atoms with E-state index in [2.05, 4.69) is 26.2 Å². The molecule has 4 aromatic rings. The smallest absolute Gasteiger partial charge is 0.262 e. The summed E-state index contributed by atoms with van der Waals surface area (Å²) < 4.78 is 11.9. The predicted octanol–water partition coefficient (Wildman–Crippen LogP) is 5.94. The second-order valence-electron chi connectivity index (χ2n) is 6.61. The molecule has 0 aliphatic carbocycles. The first-order valence-electron chi connectivity index (χ1n) is 8.97. The van der Waals surface area contributed by atoms with E-state index >= 15 is 0 Å². The lowest BCUT2D eigenvalue weighted by Gasteiger charge is -2.09. The molecule has 4 rings (SSSR count). The fraction of sp³-hybridized carbons (Fsp3) is 0.0909. The van der Waals surface area contributed by atoms with Gasteiger partial charge in [0.15, 0.2) is 12.2 Å². The van der Waals surface area contributed by atoms with E-state index in [9.17, 15) is 9.90 Å². The van der Waals surface area contributed by atoms with Gasteiger partial charge in [0.25, 0.3) is 5.91 Å². The molecule has 0 spiro atoms. The van der Waals surface area contributed by atoms with Gasteiger partial charge in [0, 0.05) is 16.3 Å². The fourth-order valence-corrected chi connectivity index (χ4v) is 3.49. The van der Waals surface area contributed by atoms with Crippen LogP contribution in [0.15, 0.2) is 63.5 Å². The minimum Gasteiger partial charge on any atom is -0.507 e. The van der Waals surface area contributed by atoms with Crippen molar-refractivity contribution in [1.29, 1.82) is 0 Å². The van der Waals surface area contributed by atoms with Gasteiger partial charge >= 0.3 is 0 Å². The number of hydrogen-bond acceptors (Lipinski definition) is 5. The number of aromatic nitrogens is 1. The molecule has 1 aromatic heterocycles. The van der Waals surface area contributed by atoms with Crippen molar-refractivity contribution in [3.8, 4) is 23.0 Å². The molecule has 2 N–H and O–H groups in total. The van der Waals surface area contributed by atoms with E-state index in [4.69, 9.17) is 20.8 Å². The maximum Gasteiger partial charge on any atom is 0.262 e. The molecule has 0 fully saturated rings. The summed E-state index contributed by atoms with van der Waals surface area (Å²) in [5.74, 6) is 0.854. The number of fused-ring (bicyclic) bond motifs is 1. The Kier molecular flexibility index (Phi) is 5.65. The molecular formula is C22H16BrClN2O4. The number of nitrogens with one attached hydrogen (secondary N) is 1. The van der Waals surface area contributed by atoms with E-state index in [0.717, 1.165) is 5.56 Å². The van der Waals surface area contributed by atoms with Gasteiger partial charge < -0.3 is 19.6 Å². The SMILES string of the molecule is Cc1cc(Cl)ccc1OCC(=O)Nc1ccc2oc(-c3ccc(O)c(Br)c3)nc2c1. The van der Waals surface area contributed by atoms with Gasteiger partial charge in [-0.05, 0) is 83.0 Å². The number of phenolic OH excluding ortho intramolecular Hbond substituents is 1. The monoisotopic (exact) mass is 486 g/mol. The quantitative estimate of drug-likeness (QED) is 0.364. The Labute approximate surface area is 185 Å². The van der Waals surface area contributed by atoms with Crippen LogP contribution in [0.25, 0.3) is 22.6 Å². The van der Waals surface area contributed by atoms with E-state index in [1.165, 1.54) is 0 Å². The molecular weight excluding hydrogens is 472 g/mol. The van der Waals surface area contributed by atoms with Crippen LogP contribution < -0.4 is 10.1 Å². The number of aryl methyl sites for hydroxylation is 1. The lowest BCUT2D eigenvalue weighted by Crippen LogP contribution is -2.20. The van der Waals surface area contributed by atoms with Crippen molar-refractivity contribution < 1.29 is 19.1 Å². The van der Waals surface area contributed by atoms with Crippen molar-refractivity contribution >= 4 is 50.2 Å². The molecule has 3 aromatic carbocycles. The van der Waals surface area contributed by atoms with Crippen molar-refractivity contribution in [1.82, 2.24) is 4.98 Å². The third-order valence-electron chi connectivity index (χ3n) is 4.36. The largest absolute Gasteiger partial charge is 0.507 e. The molecule has 0 unspecified atom stereocenters. The summed E-state index contributed by atoms with van der Waals surface area (Å²) in [7, 11) is 0. The summed E-state index contributed by atoms with van der Waals surface area (Å²) in [6.45, 7) is 1.73. The second kappa shape index (κ2) is 8.38. The molecule has 0 aliphatic heterocycles. The van der Waals surface area contributed by atoms with Gasteiger partial charge in [0.05, 0.1) is 4.47 Å². The molecule has 0 radical (unpaired) electrons. The van der Waals surface area contributed by atoms with E-state index in [-0.39, 0.29) is 18.3 Å². The van der Waals surface area contributed by atoms with Crippen LogP contribution in [-0.2, 0) is 4.79 Å². The van der Waals surface area contributed by atoms with Gasteiger partial charge in [0.2, 0.25) is 5.89 Å². The third kappa shape index (κ3) is 4.42. The topological polar surface area (TPSA) is 84.6 Å². The first-order valence-corrected chi connectivity index (χ1v) is 10.1. The van der Waals surface area contributed by atoms with Gasteiger partial charge in [-0.1, -0.05) is 11.6 Å². The normalized spacial score (nSPS) is 10.9. The Balaban J connectivity index is 1.46. The number of rotatable bonds is 5. The van der Waals surface area contributed by atoms with Crippen molar-refractivity contribution in [2.24, 2.45) is 0 Å². The third-order valence-corrected chi connectivity index (χ3v) is 5.23. The Morgan fingerprint density at radius 3 is 2.80 bits per heavy atom. The molecule has 8 heteroatoms. The van der Waals surface area contributed by atoms with E-state index in [0.29, 0.717) is 43.5 Å². The maximum absolute atomic E-state index is 12.3. The maximum atomic E-state index is 12.3. The van der Waals surface area contributed by atoms with Crippen LogP contribution in [0.3, 0.4) is 0 Å². The molecule has 6 nitrogen and oxygen atoms in total. The zero-order chi connectivity index (χ0) is 21.3. The van der Waals surface area contributed by atoms with Gasteiger partial charge in [-0.15, -0.1) is 0 Å². The van der Waals surface area contributed by atoms with Crippen LogP contribution in [0, 0.1) is 6.92 Å². The predicted molar refractivity (Wildman–Crippen MR) is 119 cm³/mol. The lowest BCUT2D eigenvalue weighted by molar-refractivity contribution is -0.118. The number of nitrogens with zero attached hydrogens (tertiary/aromatic N) is 1. The molecule has 0 aliphatic rings. The highest BCUT2D eigenvalue weighted by Gasteiger charge is 2.12. The number of anilines is 1. The van der Waals surface area contributed by atoms with Gasteiger partial charge in [-0.2, -0.15) is 0 Å². The highest BCUT2D eigenvalue weighted by Crippen LogP contribution is 2.31. The summed E-state index contributed by atoms with van der Waals surface area (Å²) in [5, 5.41) is 13.0. The Bertz CT molecular complexity index is 1260. The van der Waals surface area contributed by atoms with Crippen LogP contribution in [0.2, 0.25) is 5.02 Å². The minimum atomic E-state index is -0.296. The molecule has 152 valence electrons. The number of halogens is 2. The van der Waals surface area contributed by atoms with E-state index in [1.807, 2.05) is 6.92 Å². The van der Waals surface area contributed by atoms with Crippen LogP contribution >= 0.6 is 27.5 Å². The summed E-state index contributed by atoms with van der Waals surface area (Å²) >= 11 is 9.21. The molecule has 30 heavy (non-hydrogen) atoms. The van der Waals surface area contributed by atoms with Crippen molar-refractivity contribution in [2.45, 2.75) is 6.92 Å². The fourth-order valence-electron chi connectivity index (χ4n) is 2.88. The van der Waals surface area contributed by atoms with Crippen molar-refractivity contribution in [3.05, 3.63) is 69.7 Å². The standard InChI is InChI=1S/C22H16BrClN2O4/c1-12-8-14(24)3-6-19(12)29-11-21(28)25-15-4-7-20-17(10-15)26-22(30-20)13-2-5-18(27)16(23)9-13/h2-10,27H,11H2,1H3,(H,25,28). The number of ether oxygens (including phenoxy) is 1. The average molecular weight is 488 g/mol. The number of aromatic hydroxyl groups is 1. The molecule has 1 amide bonds. The van der Waals surface area contributed by atoms with Crippen LogP contribution in [0.1, 0.15) is 5.56 Å². The molecule has 0 atom stereocenters. The number of hydrogen-bond donors (Lipinski definition) is 2. The van der Waals surface area contributed by atoms with Gasteiger partial charge in [-0.25, -0.2) is 4.98 Å². The van der Waals surface area contributed by atoms with Crippen molar-refractivity contribution in [3.63, 3.8) is 0 Å². The summed E-state index contributed by atoms with van der Waals surface area (Å²) in [6, 6.07) is 15.4. The van der Waals surface area contributed by atoms with Gasteiger partial charge in [-0.3, -0.25) is 4.79 Å². The number of phenols is 1. The van der Waals surface area contributed by atoms with Gasteiger partial charge in [0.1, 0.15) is 17.0 Å². The Hall–Kier alpha value is -3.03. The summed E-state index contributed by atoms with van der Waals surface area (Å²) in [4.78, 5) is 16.7.